The van der Waals surface area contributed by atoms with Gasteiger partial charge in [0.1, 0.15) is 11.6 Å². The number of rotatable bonds is 2. The molecule has 1 aromatic heterocycles. The minimum Gasteiger partial charge on any atom is -0.508 e. The van der Waals surface area contributed by atoms with Crippen LogP contribution in [0.4, 0.5) is 13.2 Å². The molecule has 1 fully saturated rings. The van der Waals surface area contributed by atoms with Gasteiger partial charge in [-0.1, -0.05) is 6.07 Å². The molecule has 1 aromatic carbocycles. The van der Waals surface area contributed by atoms with E-state index in [1.807, 2.05) is 0 Å². The van der Waals surface area contributed by atoms with Crippen molar-refractivity contribution in [3.63, 3.8) is 0 Å². The highest BCUT2D eigenvalue weighted by atomic mass is 19.4. The smallest absolute Gasteiger partial charge is 0.391 e. The van der Waals surface area contributed by atoms with Gasteiger partial charge >= 0.3 is 6.18 Å². The SMILES string of the molecule is Cc1cc(=O)n(-c2cccc(O)c2)c(C2CCC(C(F)(F)F)CC2)n1. The van der Waals surface area contributed by atoms with Gasteiger partial charge in [0.2, 0.25) is 0 Å². The minimum absolute atomic E-state index is 0.0108. The molecule has 0 unspecified atom stereocenters. The standard InChI is InChI=1S/C18H19F3N2O2/c1-11-9-16(25)23(14-3-2-4-15(24)10-14)17(22-11)12-5-7-13(8-6-12)18(19,20)21/h2-4,9-10,12-13,24H,5-8H2,1H3. The van der Waals surface area contributed by atoms with Gasteiger partial charge in [-0.05, 0) is 44.7 Å². The quantitative estimate of drug-likeness (QED) is 0.886. The Kier molecular flexibility index (Phi) is 4.58. The minimum atomic E-state index is -4.17. The van der Waals surface area contributed by atoms with Crippen LogP contribution in [-0.2, 0) is 0 Å². The van der Waals surface area contributed by atoms with Crippen molar-refractivity contribution in [2.24, 2.45) is 5.92 Å². The molecule has 0 radical (unpaired) electrons. The van der Waals surface area contributed by atoms with Crippen LogP contribution in [-0.4, -0.2) is 20.8 Å². The maximum absolute atomic E-state index is 12.9. The van der Waals surface area contributed by atoms with Crippen LogP contribution in [0, 0.1) is 12.8 Å². The van der Waals surface area contributed by atoms with Crippen LogP contribution in [0.3, 0.4) is 0 Å². The molecule has 1 saturated carbocycles. The first-order valence-corrected chi connectivity index (χ1v) is 8.22. The highest BCUT2D eigenvalue weighted by molar-refractivity contribution is 5.40. The monoisotopic (exact) mass is 352 g/mol. The molecule has 1 N–H and O–H groups in total. The van der Waals surface area contributed by atoms with Gasteiger partial charge in [-0.15, -0.1) is 0 Å². The highest BCUT2D eigenvalue weighted by Gasteiger charge is 2.42. The largest absolute Gasteiger partial charge is 0.508 e. The van der Waals surface area contributed by atoms with Crippen molar-refractivity contribution in [1.29, 1.82) is 0 Å². The lowest BCUT2D eigenvalue weighted by Gasteiger charge is -2.30. The summed E-state index contributed by atoms with van der Waals surface area (Å²) in [7, 11) is 0. The molecule has 0 aliphatic heterocycles. The number of alkyl halides is 3. The van der Waals surface area contributed by atoms with Crippen LogP contribution in [0.2, 0.25) is 0 Å². The molecule has 0 amide bonds. The second-order valence-corrected chi connectivity index (χ2v) is 6.54. The number of aromatic nitrogens is 2. The van der Waals surface area contributed by atoms with Gasteiger partial charge in [0, 0.05) is 23.7 Å². The van der Waals surface area contributed by atoms with Crippen LogP contribution < -0.4 is 5.56 Å². The zero-order chi connectivity index (χ0) is 18.2. The molecule has 0 spiro atoms. The molecule has 1 aliphatic rings. The van der Waals surface area contributed by atoms with E-state index < -0.39 is 12.1 Å². The molecule has 1 heterocycles. The van der Waals surface area contributed by atoms with Crippen molar-refractivity contribution in [1.82, 2.24) is 9.55 Å². The number of phenolic OH excluding ortho intramolecular Hbond substituents is 1. The fourth-order valence-electron chi connectivity index (χ4n) is 3.46. The van der Waals surface area contributed by atoms with Crippen LogP contribution in [0.5, 0.6) is 5.75 Å². The van der Waals surface area contributed by atoms with Crippen molar-refractivity contribution in [3.05, 3.63) is 52.2 Å². The third kappa shape index (κ3) is 3.70. The number of aryl methyl sites for hydroxylation is 1. The van der Waals surface area contributed by atoms with Gasteiger partial charge in [-0.25, -0.2) is 4.98 Å². The Hall–Kier alpha value is -2.31. The van der Waals surface area contributed by atoms with E-state index in [0.717, 1.165) is 0 Å². The topological polar surface area (TPSA) is 55.1 Å². The summed E-state index contributed by atoms with van der Waals surface area (Å²) in [6.45, 7) is 1.69. The third-order valence-corrected chi connectivity index (χ3v) is 4.72. The van der Waals surface area contributed by atoms with Crippen molar-refractivity contribution < 1.29 is 18.3 Å². The van der Waals surface area contributed by atoms with E-state index in [1.54, 1.807) is 19.1 Å². The predicted octanol–water partition coefficient (Wildman–Crippen LogP) is 4.08. The van der Waals surface area contributed by atoms with Gasteiger partial charge in [0.05, 0.1) is 11.6 Å². The first-order chi connectivity index (χ1) is 11.8. The molecule has 2 aromatic rings. The summed E-state index contributed by atoms with van der Waals surface area (Å²) in [5, 5.41) is 9.68. The molecule has 4 nitrogen and oxygen atoms in total. The second-order valence-electron chi connectivity index (χ2n) is 6.54. The van der Waals surface area contributed by atoms with Crippen LogP contribution >= 0.6 is 0 Å². The van der Waals surface area contributed by atoms with Gasteiger partial charge in [-0.2, -0.15) is 13.2 Å². The molecule has 0 saturated heterocycles. The summed E-state index contributed by atoms with van der Waals surface area (Å²) in [5.41, 5.74) is 0.700. The van der Waals surface area contributed by atoms with Gasteiger partial charge in [0.15, 0.2) is 0 Å². The van der Waals surface area contributed by atoms with Gasteiger partial charge in [-0.3, -0.25) is 9.36 Å². The molecular formula is C18H19F3N2O2. The van der Waals surface area contributed by atoms with E-state index in [-0.39, 0.29) is 30.1 Å². The number of hydrogen-bond acceptors (Lipinski definition) is 3. The van der Waals surface area contributed by atoms with Crippen molar-refractivity contribution in [2.75, 3.05) is 0 Å². The zero-order valence-corrected chi connectivity index (χ0v) is 13.8. The summed E-state index contributed by atoms with van der Waals surface area (Å²) >= 11 is 0. The Morgan fingerprint density at radius 1 is 1.16 bits per heavy atom. The van der Waals surface area contributed by atoms with Gasteiger partial charge in [0.25, 0.3) is 5.56 Å². The Bertz CT molecular complexity index is 822. The molecule has 7 heteroatoms. The van der Waals surface area contributed by atoms with Crippen molar-refractivity contribution >= 4 is 0 Å². The number of nitrogens with zero attached hydrogens (tertiary/aromatic N) is 2. The summed E-state index contributed by atoms with van der Waals surface area (Å²) in [5.74, 6) is -1.02. The highest BCUT2D eigenvalue weighted by Crippen LogP contribution is 2.42. The van der Waals surface area contributed by atoms with E-state index in [2.05, 4.69) is 4.98 Å². The third-order valence-electron chi connectivity index (χ3n) is 4.72. The zero-order valence-electron chi connectivity index (χ0n) is 13.8. The Balaban J connectivity index is 1.98. The lowest BCUT2D eigenvalue weighted by Crippen LogP contribution is -2.30. The molecule has 134 valence electrons. The van der Waals surface area contributed by atoms with E-state index in [1.165, 1.54) is 22.8 Å². The normalized spacial score (nSPS) is 21.3. The summed E-state index contributed by atoms with van der Waals surface area (Å²) < 4.78 is 40.1. The lowest BCUT2D eigenvalue weighted by molar-refractivity contribution is -0.182. The molecular weight excluding hydrogens is 333 g/mol. The summed E-state index contributed by atoms with van der Waals surface area (Å²) in [4.78, 5) is 17.0. The lowest BCUT2D eigenvalue weighted by atomic mass is 9.81. The maximum Gasteiger partial charge on any atom is 0.391 e. The van der Waals surface area contributed by atoms with Crippen LogP contribution in [0.25, 0.3) is 5.69 Å². The average molecular weight is 352 g/mol. The number of phenols is 1. The Morgan fingerprint density at radius 2 is 1.84 bits per heavy atom. The van der Waals surface area contributed by atoms with E-state index in [4.69, 9.17) is 0 Å². The number of hydrogen-bond donors (Lipinski definition) is 1. The first kappa shape index (κ1) is 17.5. The molecule has 25 heavy (non-hydrogen) atoms. The maximum atomic E-state index is 12.9. The van der Waals surface area contributed by atoms with Gasteiger partial charge < -0.3 is 5.11 Å². The van der Waals surface area contributed by atoms with E-state index in [9.17, 15) is 23.1 Å². The number of benzene rings is 1. The Labute approximate surface area is 143 Å². The van der Waals surface area contributed by atoms with Crippen molar-refractivity contribution in [3.8, 4) is 11.4 Å². The molecule has 0 bridgehead atoms. The summed E-state index contributed by atoms with van der Waals surface area (Å²) in [6.07, 6.45) is -3.43. The second kappa shape index (κ2) is 6.54. The summed E-state index contributed by atoms with van der Waals surface area (Å²) in [6, 6.07) is 7.60. The molecule has 1 aliphatic carbocycles. The van der Waals surface area contributed by atoms with Crippen LogP contribution in [0.1, 0.15) is 43.1 Å². The number of halogens is 3. The van der Waals surface area contributed by atoms with E-state index in [0.29, 0.717) is 30.0 Å². The van der Waals surface area contributed by atoms with E-state index >= 15 is 0 Å². The fraction of sp³-hybridized carbons (Fsp3) is 0.444. The van der Waals surface area contributed by atoms with Crippen LogP contribution in [0.15, 0.2) is 35.1 Å². The number of aromatic hydroxyl groups is 1. The first-order valence-electron chi connectivity index (χ1n) is 8.22. The average Bonchev–Trinajstić information content (AvgIpc) is 2.53. The predicted molar refractivity (Wildman–Crippen MR) is 87.0 cm³/mol. The molecule has 0 atom stereocenters. The van der Waals surface area contributed by atoms with Crippen molar-refractivity contribution in [2.45, 2.75) is 44.7 Å². The fourth-order valence-corrected chi connectivity index (χ4v) is 3.46. The molecule has 3 rings (SSSR count). The Morgan fingerprint density at radius 3 is 2.44 bits per heavy atom.